The van der Waals surface area contributed by atoms with E-state index >= 15 is 0 Å². The van der Waals surface area contributed by atoms with E-state index in [1.54, 1.807) is 17.6 Å². The zero-order chi connectivity index (χ0) is 17.5. The maximum absolute atomic E-state index is 12.4. The quantitative estimate of drug-likeness (QED) is 0.652. The van der Waals surface area contributed by atoms with Crippen LogP contribution in [0.4, 0.5) is 0 Å². The molecule has 0 aliphatic carbocycles. The van der Waals surface area contributed by atoms with Crippen LogP contribution in [-0.4, -0.2) is 12.5 Å². The summed E-state index contributed by atoms with van der Waals surface area (Å²) in [6.07, 6.45) is 1.68. The van der Waals surface area contributed by atoms with Crippen molar-refractivity contribution in [2.45, 2.75) is 26.6 Å². The largest absolute Gasteiger partial charge is 0.463 e. The summed E-state index contributed by atoms with van der Waals surface area (Å²) in [5, 5.41) is 5.11. The van der Waals surface area contributed by atoms with E-state index in [9.17, 15) is 4.79 Å². The molecule has 2 heterocycles. The van der Waals surface area contributed by atoms with Crippen LogP contribution >= 0.6 is 11.3 Å². The predicted octanol–water partition coefficient (Wildman–Crippen LogP) is 2.55. The first kappa shape index (κ1) is 17.5. The van der Waals surface area contributed by atoms with E-state index < -0.39 is 0 Å². The normalized spacial score (nSPS) is 12.0. The van der Waals surface area contributed by atoms with E-state index in [2.05, 4.69) is 35.8 Å². The number of furan rings is 1. The van der Waals surface area contributed by atoms with Crippen molar-refractivity contribution < 1.29 is 14.1 Å². The molecule has 2 aromatic heterocycles. The Morgan fingerprint density at radius 2 is 2.00 bits per heavy atom. The zero-order valence-corrected chi connectivity index (χ0v) is 15.1. The first-order valence-corrected chi connectivity index (χ1v) is 9.28. The van der Waals surface area contributed by atoms with Gasteiger partial charge in [0.2, 0.25) is 0 Å². The molecule has 0 radical (unpaired) electrons. The highest BCUT2D eigenvalue weighted by Gasteiger charge is 2.17. The van der Waals surface area contributed by atoms with Gasteiger partial charge in [0.05, 0.1) is 11.1 Å². The summed E-state index contributed by atoms with van der Waals surface area (Å²) in [6.45, 7) is 4.56. The number of hydrogen-bond donors (Lipinski definition) is 2. The number of rotatable bonds is 8. The molecule has 3 aromatic rings. The molecule has 0 saturated carbocycles. The maximum atomic E-state index is 12.4. The van der Waals surface area contributed by atoms with Gasteiger partial charge in [-0.3, -0.25) is 4.79 Å². The van der Waals surface area contributed by atoms with Gasteiger partial charge in [-0.15, -0.1) is 11.3 Å². The molecule has 0 bridgehead atoms. The van der Waals surface area contributed by atoms with Gasteiger partial charge in [-0.2, -0.15) is 0 Å². The number of carbonyl (C=O) groups is 1. The van der Waals surface area contributed by atoms with E-state index in [0.29, 0.717) is 19.6 Å². The number of thiophene rings is 1. The van der Waals surface area contributed by atoms with Crippen LogP contribution in [0.15, 0.2) is 64.6 Å². The maximum Gasteiger partial charge on any atom is 0.275 e. The van der Waals surface area contributed by atoms with Gasteiger partial charge < -0.3 is 14.6 Å². The molecule has 4 nitrogen and oxygen atoms in total. The number of benzene rings is 1. The minimum atomic E-state index is 0.0568. The van der Waals surface area contributed by atoms with Gasteiger partial charge in [-0.25, -0.2) is 0 Å². The Balaban J connectivity index is 1.58. The van der Waals surface area contributed by atoms with E-state index in [0.717, 1.165) is 17.9 Å². The van der Waals surface area contributed by atoms with Crippen LogP contribution in [0.25, 0.3) is 0 Å². The summed E-state index contributed by atoms with van der Waals surface area (Å²) >= 11 is 1.72. The Labute approximate surface area is 152 Å². The van der Waals surface area contributed by atoms with E-state index in [-0.39, 0.29) is 5.91 Å². The molecule has 0 aliphatic rings. The van der Waals surface area contributed by atoms with Crippen molar-refractivity contribution >= 4 is 17.2 Å². The molecule has 0 aliphatic heterocycles. The lowest BCUT2D eigenvalue weighted by atomic mass is 10.1. The SMILES string of the molecule is Cc1ccccc1CNC(=O)C[NH+](Cc1ccco1)Cc1cccs1. The van der Waals surface area contributed by atoms with Crippen molar-refractivity contribution in [3.63, 3.8) is 0 Å². The summed E-state index contributed by atoms with van der Waals surface area (Å²) in [5.74, 6) is 0.958. The van der Waals surface area contributed by atoms with Crippen molar-refractivity contribution in [3.05, 3.63) is 81.9 Å². The molecule has 1 amide bonds. The Morgan fingerprint density at radius 3 is 2.72 bits per heavy atom. The van der Waals surface area contributed by atoms with Crippen LogP contribution < -0.4 is 10.2 Å². The lowest BCUT2D eigenvalue weighted by molar-refractivity contribution is -0.920. The number of hydrogen-bond acceptors (Lipinski definition) is 3. The van der Waals surface area contributed by atoms with Gasteiger partial charge in [0, 0.05) is 6.54 Å². The number of carbonyl (C=O) groups excluding carboxylic acids is 1. The number of aryl methyl sites for hydroxylation is 1. The molecule has 1 unspecified atom stereocenters. The van der Waals surface area contributed by atoms with Gasteiger partial charge in [-0.1, -0.05) is 30.3 Å². The summed E-state index contributed by atoms with van der Waals surface area (Å²) in [7, 11) is 0. The van der Waals surface area contributed by atoms with E-state index in [4.69, 9.17) is 4.42 Å². The molecule has 0 spiro atoms. The third-order valence-electron chi connectivity index (χ3n) is 4.16. The van der Waals surface area contributed by atoms with Crippen LogP contribution in [-0.2, 0) is 24.4 Å². The molecular formula is C20H23N2O2S+. The third kappa shape index (κ3) is 5.31. The molecule has 130 valence electrons. The van der Waals surface area contributed by atoms with Crippen molar-refractivity contribution in [1.82, 2.24) is 5.32 Å². The molecule has 1 aromatic carbocycles. The highest BCUT2D eigenvalue weighted by Crippen LogP contribution is 2.07. The fourth-order valence-electron chi connectivity index (χ4n) is 2.80. The molecule has 25 heavy (non-hydrogen) atoms. The van der Waals surface area contributed by atoms with Gasteiger partial charge in [0.15, 0.2) is 12.3 Å². The molecule has 1 atom stereocenters. The second-order valence-electron chi connectivity index (χ2n) is 6.14. The fraction of sp³-hybridized carbons (Fsp3) is 0.250. The van der Waals surface area contributed by atoms with Crippen LogP contribution in [0, 0.1) is 6.92 Å². The van der Waals surface area contributed by atoms with Crippen LogP contribution in [0.5, 0.6) is 0 Å². The minimum Gasteiger partial charge on any atom is -0.463 e. The number of quaternary nitrogens is 1. The first-order chi connectivity index (χ1) is 12.2. The van der Waals surface area contributed by atoms with Gasteiger partial charge in [-0.05, 0) is 41.6 Å². The average molecular weight is 355 g/mol. The molecule has 0 saturated heterocycles. The second kappa shape index (κ2) is 8.65. The summed E-state index contributed by atoms with van der Waals surface area (Å²) in [4.78, 5) is 14.9. The number of amides is 1. The van der Waals surface area contributed by atoms with Gasteiger partial charge in [0.25, 0.3) is 5.91 Å². The molecule has 0 fully saturated rings. The fourth-order valence-corrected chi connectivity index (χ4v) is 3.57. The van der Waals surface area contributed by atoms with Crippen LogP contribution in [0.1, 0.15) is 21.8 Å². The molecule has 2 N–H and O–H groups in total. The summed E-state index contributed by atoms with van der Waals surface area (Å²) in [6, 6.07) is 16.1. The van der Waals surface area contributed by atoms with E-state index in [1.165, 1.54) is 15.3 Å². The Kier molecular flexibility index (Phi) is 6.04. The van der Waals surface area contributed by atoms with Crippen molar-refractivity contribution in [1.29, 1.82) is 0 Å². The third-order valence-corrected chi connectivity index (χ3v) is 5.03. The van der Waals surface area contributed by atoms with Crippen LogP contribution in [0.2, 0.25) is 0 Å². The zero-order valence-electron chi connectivity index (χ0n) is 14.3. The van der Waals surface area contributed by atoms with Crippen molar-refractivity contribution in [3.8, 4) is 0 Å². The molecule has 3 rings (SSSR count). The van der Waals surface area contributed by atoms with Crippen LogP contribution in [0.3, 0.4) is 0 Å². The number of nitrogens with one attached hydrogen (secondary N) is 2. The minimum absolute atomic E-state index is 0.0568. The molecule has 5 heteroatoms. The van der Waals surface area contributed by atoms with Crippen molar-refractivity contribution in [2.75, 3.05) is 6.54 Å². The summed E-state index contributed by atoms with van der Waals surface area (Å²) < 4.78 is 5.46. The highest BCUT2D eigenvalue weighted by atomic mass is 32.1. The topological polar surface area (TPSA) is 46.7 Å². The van der Waals surface area contributed by atoms with Crippen molar-refractivity contribution in [2.24, 2.45) is 0 Å². The second-order valence-corrected chi connectivity index (χ2v) is 7.17. The van der Waals surface area contributed by atoms with Gasteiger partial charge in [0.1, 0.15) is 13.1 Å². The predicted molar refractivity (Wildman–Crippen MR) is 99.3 cm³/mol. The lowest BCUT2D eigenvalue weighted by Crippen LogP contribution is -3.10. The van der Waals surface area contributed by atoms with E-state index in [1.807, 2.05) is 30.3 Å². The summed E-state index contributed by atoms with van der Waals surface area (Å²) in [5.41, 5.74) is 2.35. The van der Waals surface area contributed by atoms with Gasteiger partial charge >= 0.3 is 0 Å². The first-order valence-electron chi connectivity index (χ1n) is 8.40. The smallest absolute Gasteiger partial charge is 0.275 e. The molecular weight excluding hydrogens is 332 g/mol. The Bertz CT molecular complexity index is 746. The Hall–Kier alpha value is -2.37. The Morgan fingerprint density at radius 1 is 1.12 bits per heavy atom. The lowest BCUT2D eigenvalue weighted by Gasteiger charge is -2.17. The monoisotopic (exact) mass is 355 g/mol. The highest BCUT2D eigenvalue weighted by molar-refractivity contribution is 7.09. The average Bonchev–Trinajstić information content (AvgIpc) is 3.28. The standard InChI is InChI=1S/C20H22N2O2S/c1-16-6-2-3-7-17(16)12-21-20(23)15-22(13-18-8-4-10-24-18)14-19-9-5-11-25-19/h2-11H,12-15H2,1H3,(H,21,23)/p+1.